The van der Waals surface area contributed by atoms with Crippen molar-refractivity contribution in [3.05, 3.63) is 88.2 Å². The van der Waals surface area contributed by atoms with Crippen molar-refractivity contribution >= 4 is 27.2 Å². The number of sulfone groups is 1. The third-order valence-corrected chi connectivity index (χ3v) is 6.31. The van der Waals surface area contributed by atoms with Crippen molar-refractivity contribution in [3.63, 3.8) is 0 Å². The van der Waals surface area contributed by atoms with Crippen LogP contribution in [0, 0.1) is 6.92 Å². The maximum absolute atomic E-state index is 13.0. The van der Waals surface area contributed by atoms with Crippen LogP contribution in [0.3, 0.4) is 0 Å². The molecule has 0 aliphatic heterocycles. The zero-order chi connectivity index (χ0) is 21.9. The van der Waals surface area contributed by atoms with Crippen molar-refractivity contribution in [1.29, 1.82) is 0 Å². The van der Waals surface area contributed by atoms with Gasteiger partial charge in [-0.15, -0.1) is 0 Å². The third kappa shape index (κ3) is 5.26. The van der Waals surface area contributed by atoms with Gasteiger partial charge in [0.2, 0.25) is 0 Å². The number of hydrogen-bond donors (Lipinski definition) is 0. The fourth-order valence-corrected chi connectivity index (χ4v) is 4.48. The first-order valence-electron chi connectivity index (χ1n) is 9.41. The highest BCUT2D eigenvalue weighted by molar-refractivity contribution is 7.90. The summed E-state index contributed by atoms with van der Waals surface area (Å²) in [6.45, 7) is 5.61. The lowest BCUT2D eigenvalue weighted by Crippen LogP contribution is -2.11. The van der Waals surface area contributed by atoms with Crippen LogP contribution in [0.4, 0.5) is 0 Å². The van der Waals surface area contributed by atoms with Gasteiger partial charge in [0.15, 0.2) is 15.6 Å². The van der Waals surface area contributed by atoms with E-state index in [9.17, 15) is 13.2 Å². The van der Waals surface area contributed by atoms with Gasteiger partial charge in [-0.2, -0.15) is 0 Å². The molecule has 3 rings (SSSR count). The van der Waals surface area contributed by atoms with E-state index in [4.69, 9.17) is 16.3 Å². The molecule has 30 heavy (non-hydrogen) atoms. The van der Waals surface area contributed by atoms with Gasteiger partial charge < -0.3 is 4.74 Å². The van der Waals surface area contributed by atoms with Crippen molar-refractivity contribution in [2.75, 3.05) is 0 Å². The Morgan fingerprint density at radius 2 is 1.77 bits per heavy atom. The Labute approximate surface area is 181 Å². The minimum atomic E-state index is -3.68. The third-order valence-electron chi connectivity index (χ3n) is 4.39. The first kappa shape index (κ1) is 22.0. The smallest absolute Gasteiger partial charge is 0.194 e. The number of aryl methyl sites for hydroxylation is 1. The van der Waals surface area contributed by atoms with E-state index in [-0.39, 0.29) is 28.1 Å². The molecule has 0 aliphatic rings. The second kappa shape index (κ2) is 8.98. The SMILES string of the molecule is Cc1ccc(C(=O)c2cc(Cl)ccc2CS(=O)(=O)c2ccc(OC(C)C)cc2)cn1. The van der Waals surface area contributed by atoms with Gasteiger partial charge in [-0.3, -0.25) is 9.78 Å². The highest BCUT2D eigenvalue weighted by Crippen LogP contribution is 2.25. The molecule has 0 atom stereocenters. The fraction of sp³-hybridized carbons (Fsp3) is 0.217. The van der Waals surface area contributed by atoms with Crippen LogP contribution in [-0.4, -0.2) is 25.3 Å². The Morgan fingerprint density at radius 3 is 2.37 bits per heavy atom. The minimum Gasteiger partial charge on any atom is -0.491 e. The number of nitrogens with zero attached hydrogens (tertiary/aromatic N) is 1. The summed E-state index contributed by atoms with van der Waals surface area (Å²) in [4.78, 5) is 17.3. The van der Waals surface area contributed by atoms with Crippen LogP contribution in [-0.2, 0) is 15.6 Å². The van der Waals surface area contributed by atoms with Crippen molar-refractivity contribution in [1.82, 2.24) is 4.98 Å². The molecule has 0 N–H and O–H groups in total. The summed E-state index contributed by atoms with van der Waals surface area (Å²) in [5.74, 6) is -0.0522. The predicted octanol–water partition coefficient (Wildman–Crippen LogP) is 5.04. The van der Waals surface area contributed by atoms with Crippen LogP contribution in [0.15, 0.2) is 65.7 Å². The zero-order valence-electron chi connectivity index (χ0n) is 16.9. The highest BCUT2D eigenvalue weighted by Gasteiger charge is 2.21. The molecule has 5 nitrogen and oxygen atoms in total. The van der Waals surface area contributed by atoms with Crippen LogP contribution in [0.2, 0.25) is 5.02 Å². The molecule has 0 saturated carbocycles. The Balaban J connectivity index is 1.92. The van der Waals surface area contributed by atoms with Crippen LogP contribution >= 0.6 is 11.6 Å². The predicted molar refractivity (Wildman–Crippen MR) is 117 cm³/mol. The number of ether oxygens (including phenoxy) is 1. The Hall–Kier alpha value is -2.70. The molecule has 0 radical (unpaired) electrons. The normalized spacial score (nSPS) is 11.5. The summed E-state index contributed by atoms with van der Waals surface area (Å²) in [7, 11) is -3.68. The number of aromatic nitrogens is 1. The molecule has 3 aromatic rings. The number of ketones is 1. The molecule has 0 aliphatic carbocycles. The fourth-order valence-electron chi connectivity index (χ4n) is 2.93. The molecule has 0 saturated heterocycles. The van der Waals surface area contributed by atoms with Gasteiger partial charge in [0.05, 0.1) is 16.8 Å². The maximum atomic E-state index is 13.0. The highest BCUT2D eigenvalue weighted by atomic mass is 35.5. The summed E-state index contributed by atoms with van der Waals surface area (Å²) in [6.07, 6.45) is 1.47. The summed E-state index contributed by atoms with van der Waals surface area (Å²) >= 11 is 6.09. The number of halogens is 1. The number of benzene rings is 2. The number of rotatable bonds is 7. The van der Waals surface area contributed by atoms with Crippen LogP contribution < -0.4 is 4.74 Å². The molecule has 1 aromatic heterocycles. The van der Waals surface area contributed by atoms with E-state index in [1.165, 1.54) is 24.4 Å². The Kier molecular flexibility index (Phi) is 6.58. The zero-order valence-corrected chi connectivity index (χ0v) is 18.5. The van der Waals surface area contributed by atoms with E-state index in [1.54, 1.807) is 36.4 Å². The molecule has 156 valence electrons. The van der Waals surface area contributed by atoms with E-state index < -0.39 is 9.84 Å². The van der Waals surface area contributed by atoms with E-state index in [2.05, 4.69) is 4.98 Å². The summed E-state index contributed by atoms with van der Waals surface area (Å²) < 4.78 is 31.5. The second-order valence-electron chi connectivity index (χ2n) is 7.22. The Bertz CT molecular complexity index is 1150. The largest absolute Gasteiger partial charge is 0.491 e. The molecule has 1 heterocycles. The van der Waals surface area contributed by atoms with Gasteiger partial charge in [-0.25, -0.2) is 8.42 Å². The molecule has 7 heteroatoms. The number of carbonyl (C=O) groups excluding carboxylic acids is 1. The van der Waals surface area contributed by atoms with Crippen molar-refractivity contribution in [3.8, 4) is 5.75 Å². The van der Waals surface area contributed by atoms with Gasteiger partial charge >= 0.3 is 0 Å². The quantitative estimate of drug-likeness (QED) is 0.478. The van der Waals surface area contributed by atoms with Gasteiger partial charge in [0, 0.05) is 28.0 Å². The number of carbonyl (C=O) groups is 1. The van der Waals surface area contributed by atoms with Gasteiger partial charge in [0.1, 0.15) is 5.75 Å². The molecule has 0 spiro atoms. The average molecular weight is 444 g/mol. The molecular weight excluding hydrogens is 422 g/mol. The average Bonchev–Trinajstić information content (AvgIpc) is 2.69. The van der Waals surface area contributed by atoms with Crippen molar-refractivity contribution in [2.24, 2.45) is 0 Å². The molecular formula is C23H22ClNO4S. The first-order valence-corrected chi connectivity index (χ1v) is 11.4. The van der Waals surface area contributed by atoms with Crippen LogP contribution in [0.1, 0.15) is 41.0 Å². The lowest BCUT2D eigenvalue weighted by molar-refractivity contribution is 0.103. The molecule has 2 aromatic carbocycles. The summed E-state index contributed by atoms with van der Waals surface area (Å²) in [5, 5.41) is 0.356. The van der Waals surface area contributed by atoms with E-state index in [0.29, 0.717) is 21.9 Å². The van der Waals surface area contributed by atoms with Crippen molar-refractivity contribution < 1.29 is 17.9 Å². The van der Waals surface area contributed by atoms with E-state index in [1.807, 2.05) is 20.8 Å². The summed E-state index contributed by atoms with van der Waals surface area (Å²) in [6, 6.07) is 14.3. The lowest BCUT2D eigenvalue weighted by Gasteiger charge is -2.12. The summed E-state index contributed by atoms with van der Waals surface area (Å²) in [5.41, 5.74) is 1.78. The van der Waals surface area contributed by atoms with Gasteiger partial charge in [-0.05, 0) is 74.9 Å². The number of hydrogen-bond acceptors (Lipinski definition) is 5. The lowest BCUT2D eigenvalue weighted by atomic mass is 10.00. The number of pyridine rings is 1. The Morgan fingerprint density at radius 1 is 1.07 bits per heavy atom. The molecule has 0 amide bonds. The molecule has 0 unspecified atom stereocenters. The van der Waals surface area contributed by atoms with E-state index >= 15 is 0 Å². The van der Waals surface area contributed by atoms with Gasteiger partial charge in [-0.1, -0.05) is 17.7 Å². The van der Waals surface area contributed by atoms with Crippen molar-refractivity contribution in [2.45, 2.75) is 37.5 Å². The molecule has 0 fully saturated rings. The standard InChI is InChI=1S/C23H22ClNO4S/c1-15(2)29-20-8-10-21(11-9-20)30(27,28)14-18-6-7-19(24)12-22(18)23(26)17-5-4-16(3)25-13-17/h4-13,15H,14H2,1-3H3. The van der Waals surface area contributed by atoms with Gasteiger partial charge in [0.25, 0.3) is 0 Å². The van der Waals surface area contributed by atoms with E-state index in [0.717, 1.165) is 5.69 Å². The monoisotopic (exact) mass is 443 g/mol. The first-order chi connectivity index (χ1) is 14.2. The maximum Gasteiger partial charge on any atom is 0.194 e. The van der Waals surface area contributed by atoms with Crippen LogP contribution in [0.25, 0.3) is 0 Å². The topological polar surface area (TPSA) is 73.3 Å². The van der Waals surface area contributed by atoms with Crippen LogP contribution in [0.5, 0.6) is 5.75 Å². The minimum absolute atomic E-state index is 0.00800. The second-order valence-corrected chi connectivity index (χ2v) is 9.64. The molecule has 0 bridgehead atoms.